The van der Waals surface area contributed by atoms with Crippen LogP contribution in [0.2, 0.25) is 0 Å². The molecule has 1 aromatic rings. The van der Waals surface area contributed by atoms with Gasteiger partial charge in [0.2, 0.25) is 0 Å². The highest BCUT2D eigenvalue weighted by molar-refractivity contribution is 7.91. The highest BCUT2D eigenvalue weighted by Crippen LogP contribution is 2.20. The molecule has 8 heteroatoms. The van der Waals surface area contributed by atoms with Crippen molar-refractivity contribution in [1.82, 2.24) is 9.80 Å². The molecule has 26 heavy (non-hydrogen) atoms. The first-order chi connectivity index (χ1) is 12.5. The lowest BCUT2D eigenvalue weighted by Gasteiger charge is -2.32. The van der Waals surface area contributed by atoms with Crippen LogP contribution in [0.5, 0.6) is 0 Å². The summed E-state index contributed by atoms with van der Waals surface area (Å²) in [5.74, 6) is 0.451. The lowest BCUT2D eigenvalue weighted by atomic mass is 10.2. The zero-order valence-corrected chi connectivity index (χ0v) is 16.6. The Morgan fingerprint density at radius 3 is 2.65 bits per heavy atom. The van der Waals surface area contributed by atoms with Gasteiger partial charge in [0.25, 0.3) is 0 Å². The second-order valence-electron chi connectivity index (χ2n) is 6.85. The molecule has 1 aromatic carbocycles. The van der Waals surface area contributed by atoms with Gasteiger partial charge in [-0.05, 0) is 37.2 Å². The Bertz CT molecular complexity index is 691. The van der Waals surface area contributed by atoms with E-state index in [2.05, 4.69) is 15.1 Å². The fourth-order valence-corrected chi connectivity index (χ4v) is 5.57. The van der Waals surface area contributed by atoms with Crippen LogP contribution in [0.1, 0.15) is 12.8 Å². The normalized spacial score (nSPS) is 22.8. The van der Waals surface area contributed by atoms with Crippen molar-refractivity contribution in [2.24, 2.45) is 0 Å². The molecule has 3 rings (SSSR count). The van der Waals surface area contributed by atoms with E-state index < -0.39 is 9.84 Å². The first-order valence-corrected chi connectivity index (χ1v) is 11.4. The van der Waals surface area contributed by atoms with Crippen molar-refractivity contribution < 1.29 is 13.2 Å². The van der Waals surface area contributed by atoms with Crippen LogP contribution < -0.4 is 5.32 Å². The maximum absolute atomic E-state index is 11.9. The number of thiocarbonyl (C=S) groups is 1. The maximum atomic E-state index is 11.9. The first kappa shape index (κ1) is 19.5. The minimum Gasteiger partial charge on any atom is -0.379 e. The molecule has 0 radical (unpaired) electrons. The Kier molecular flexibility index (Phi) is 6.86. The van der Waals surface area contributed by atoms with Crippen LogP contribution in [0.15, 0.2) is 30.3 Å². The number of rotatable bonds is 6. The second kappa shape index (κ2) is 9.12. The molecule has 2 fully saturated rings. The number of ether oxygens (including phenoxy) is 1. The molecule has 0 amide bonds. The number of para-hydroxylation sites is 1. The summed E-state index contributed by atoms with van der Waals surface area (Å²) in [5.41, 5.74) is 0.927. The Balaban J connectivity index is 1.60. The van der Waals surface area contributed by atoms with Crippen LogP contribution >= 0.6 is 12.2 Å². The highest BCUT2D eigenvalue weighted by atomic mass is 32.2. The van der Waals surface area contributed by atoms with Gasteiger partial charge in [0.15, 0.2) is 14.9 Å². The number of hydrogen-bond donors (Lipinski definition) is 1. The summed E-state index contributed by atoms with van der Waals surface area (Å²) >= 11 is 5.63. The molecule has 0 spiro atoms. The minimum absolute atomic E-state index is 0.0339. The minimum atomic E-state index is -2.95. The number of sulfone groups is 1. The summed E-state index contributed by atoms with van der Waals surface area (Å²) in [6, 6.07) is 9.75. The average Bonchev–Trinajstić information content (AvgIpc) is 3.00. The average molecular weight is 398 g/mol. The van der Waals surface area contributed by atoms with Gasteiger partial charge in [-0.15, -0.1) is 0 Å². The van der Waals surface area contributed by atoms with Gasteiger partial charge in [-0.2, -0.15) is 0 Å². The topological polar surface area (TPSA) is 61.9 Å². The monoisotopic (exact) mass is 397 g/mol. The standard InChI is InChI=1S/C18H27N3O3S2/c22-26(23)14-7-17(15-26)21(9-4-8-20-10-12-24-13-11-20)18(25)19-16-5-2-1-3-6-16/h1-3,5-6,17H,4,7-15H2,(H,19,25)/t17-/m0/s1. The number of anilines is 1. The predicted molar refractivity (Wildman–Crippen MR) is 108 cm³/mol. The fraction of sp³-hybridized carbons (Fsp3) is 0.611. The van der Waals surface area contributed by atoms with Gasteiger partial charge < -0.3 is 15.0 Å². The lowest BCUT2D eigenvalue weighted by Crippen LogP contribution is -2.45. The van der Waals surface area contributed by atoms with Crippen LogP contribution in [0.3, 0.4) is 0 Å². The molecule has 2 heterocycles. The van der Waals surface area contributed by atoms with Gasteiger partial charge in [-0.3, -0.25) is 4.90 Å². The molecule has 2 aliphatic rings. The Morgan fingerprint density at radius 1 is 1.27 bits per heavy atom. The molecular formula is C18H27N3O3S2. The third-order valence-corrected chi connectivity index (χ3v) is 7.00. The van der Waals surface area contributed by atoms with Gasteiger partial charge >= 0.3 is 0 Å². The molecule has 1 atom stereocenters. The summed E-state index contributed by atoms with van der Waals surface area (Å²) in [7, 11) is -2.95. The van der Waals surface area contributed by atoms with Gasteiger partial charge in [-0.25, -0.2) is 8.42 Å². The molecule has 0 aromatic heterocycles. The van der Waals surface area contributed by atoms with E-state index in [0.717, 1.165) is 51.5 Å². The van der Waals surface area contributed by atoms with Crippen LogP contribution in [0, 0.1) is 0 Å². The molecule has 0 aliphatic carbocycles. The van der Waals surface area contributed by atoms with Crippen LogP contribution in [-0.2, 0) is 14.6 Å². The van der Waals surface area contributed by atoms with Crippen LogP contribution in [0.25, 0.3) is 0 Å². The van der Waals surface area contributed by atoms with Gasteiger partial charge in [0.1, 0.15) is 0 Å². The molecule has 0 saturated carbocycles. The van der Waals surface area contributed by atoms with Crippen molar-refractivity contribution in [3.63, 3.8) is 0 Å². The zero-order valence-electron chi connectivity index (χ0n) is 15.0. The largest absolute Gasteiger partial charge is 0.379 e. The van der Waals surface area contributed by atoms with Crippen LogP contribution in [0.4, 0.5) is 5.69 Å². The van der Waals surface area contributed by atoms with Gasteiger partial charge in [0.05, 0.1) is 24.7 Å². The van der Waals surface area contributed by atoms with Crippen LogP contribution in [-0.4, -0.2) is 80.3 Å². The van der Waals surface area contributed by atoms with E-state index >= 15 is 0 Å². The first-order valence-electron chi connectivity index (χ1n) is 9.17. The highest BCUT2D eigenvalue weighted by Gasteiger charge is 2.33. The summed E-state index contributed by atoms with van der Waals surface area (Å²) in [6.45, 7) is 5.25. The fourth-order valence-electron chi connectivity index (χ4n) is 3.48. The van der Waals surface area contributed by atoms with Gasteiger partial charge in [-0.1, -0.05) is 18.2 Å². The summed E-state index contributed by atoms with van der Waals surface area (Å²) in [5, 5.41) is 3.87. The van der Waals surface area contributed by atoms with E-state index in [4.69, 9.17) is 17.0 Å². The Morgan fingerprint density at radius 2 is 2.00 bits per heavy atom. The molecule has 6 nitrogen and oxygen atoms in total. The number of morpholine rings is 1. The van der Waals surface area contributed by atoms with Crippen molar-refractivity contribution in [2.45, 2.75) is 18.9 Å². The van der Waals surface area contributed by atoms with E-state index in [1.807, 2.05) is 30.3 Å². The Hall–Kier alpha value is -1.22. The number of benzene rings is 1. The Labute approximate surface area is 161 Å². The molecule has 2 aliphatic heterocycles. The van der Waals surface area contributed by atoms with E-state index in [0.29, 0.717) is 11.5 Å². The SMILES string of the molecule is O=S1(=O)CC[C@H](N(CCCN2CCOCC2)C(=S)Nc2ccccc2)C1. The van der Waals surface area contributed by atoms with E-state index in [9.17, 15) is 8.42 Å². The predicted octanol–water partition coefficient (Wildman–Crippen LogP) is 1.59. The molecule has 144 valence electrons. The maximum Gasteiger partial charge on any atom is 0.173 e. The van der Waals surface area contributed by atoms with Crippen molar-refractivity contribution in [1.29, 1.82) is 0 Å². The van der Waals surface area contributed by atoms with Gasteiger partial charge in [0, 0.05) is 37.9 Å². The number of nitrogens with one attached hydrogen (secondary N) is 1. The van der Waals surface area contributed by atoms with E-state index in [1.165, 1.54) is 0 Å². The lowest BCUT2D eigenvalue weighted by molar-refractivity contribution is 0.0366. The van der Waals surface area contributed by atoms with E-state index in [-0.39, 0.29) is 17.5 Å². The smallest absolute Gasteiger partial charge is 0.173 e. The van der Waals surface area contributed by atoms with Crippen molar-refractivity contribution in [3.8, 4) is 0 Å². The number of hydrogen-bond acceptors (Lipinski definition) is 5. The van der Waals surface area contributed by atoms with E-state index in [1.54, 1.807) is 0 Å². The quantitative estimate of drug-likeness (QED) is 0.732. The molecule has 0 bridgehead atoms. The molecular weight excluding hydrogens is 370 g/mol. The van der Waals surface area contributed by atoms with Crippen molar-refractivity contribution >= 4 is 32.9 Å². The summed E-state index contributed by atoms with van der Waals surface area (Å²) in [6.07, 6.45) is 1.60. The third-order valence-electron chi connectivity index (χ3n) is 4.91. The summed E-state index contributed by atoms with van der Waals surface area (Å²) < 4.78 is 29.3. The number of nitrogens with zero attached hydrogens (tertiary/aromatic N) is 2. The molecule has 1 N–H and O–H groups in total. The van der Waals surface area contributed by atoms with Crippen molar-refractivity contribution in [3.05, 3.63) is 30.3 Å². The zero-order chi connectivity index (χ0) is 18.4. The van der Waals surface area contributed by atoms with Crippen molar-refractivity contribution in [2.75, 3.05) is 56.2 Å². The molecule has 2 saturated heterocycles. The summed E-state index contributed by atoms with van der Waals surface area (Å²) in [4.78, 5) is 4.47. The third kappa shape index (κ3) is 5.64. The molecule has 0 unspecified atom stereocenters. The second-order valence-corrected chi connectivity index (χ2v) is 9.47.